The van der Waals surface area contributed by atoms with E-state index in [9.17, 15) is 4.79 Å². The second kappa shape index (κ2) is 9.74. The Kier molecular flexibility index (Phi) is 7.66. The Morgan fingerprint density at radius 3 is 2.50 bits per heavy atom. The van der Waals surface area contributed by atoms with Crippen molar-refractivity contribution in [1.29, 1.82) is 0 Å². The average molecular weight is 355 g/mol. The molecular weight excluding hydrogens is 328 g/mol. The molecule has 1 aliphatic heterocycles. The second-order valence-corrected chi connectivity index (χ2v) is 6.30. The van der Waals surface area contributed by atoms with Gasteiger partial charge in [0.2, 0.25) is 6.10 Å². The molecule has 0 saturated heterocycles. The van der Waals surface area contributed by atoms with E-state index in [1.54, 1.807) is 0 Å². The molecule has 1 atom stereocenters. The summed E-state index contributed by atoms with van der Waals surface area (Å²) in [6, 6.07) is 8.04. The predicted octanol–water partition coefficient (Wildman–Crippen LogP) is 2.68. The van der Waals surface area contributed by atoms with Crippen LogP contribution in [0.4, 0.5) is 0 Å². The quantitative estimate of drug-likeness (QED) is 0.630. The number of rotatable bonds is 5. The third kappa shape index (κ3) is 5.28. The molecule has 1 aromatic rings. The molecule has 6 heteroatoms. The van der Waals surface area contributed by atoms with E-state index in [0.717, 1.165) is 6.54 Å². The van der Waals surface area contributed by atoms with E-state index in [4.69, 9.17) is 9.47 Å². The lowest BCUT2D eigenvalue weighted by atomic mass is 10.1. The van der Waals surface area contributed by atoms with Crippen LogP contribution in [-0.2, 0) is 4.79 Å². The maximum absolute atomic E-state index is 12.2. The number of benzene rings is 1. The Balaban J connectivity index is 0.00000208. The first-order chi connectivity index (χ1) is 11.3. The molecule has 24 heavy (non-hydrogen) atoms. The highest BCUT2D eigenvalue weighted by molar-refractivity contribution is 5.85. The summed E-state index contributed by atoms with van der Waals surface area (Å²) in [4.78, 5) is 12.2. The van der Waals surface area contributed by atoms with Gasteiger partial charge in [0.25, 0.3) is 5.91 Å². The first-order valence-corrected chi connectivity index (χ1v) is 8.72. The Hall–Kier alpha value is -1.46. The lowest BCUT2D eigenvalue weighted by molar-refractivity contribution is -0.130. The zero-order chi connectivity index (χ0) is 15.9. The van der Waals surface area contributed by atoms with Gasteiger partial charge in [0.1, 0.15) is 6.61 Å². The number of carbonyl (C=O) groups is 1. The summed E-state index contributed by atoms with van der Waals surface area (Å²) in [6.45, 7) is 1.69. The third-order valence-corrected chi connectivity index (χ3v) is 4.51. The van der Waals surface area contributed by atoms with Crippen LogP contribution in [0.15, 0.2) is 24.3 Å². The van der Waals surface area contributed by atoms with Gasteiger partial charge in [-0.3, -0.25) is 4.79 Å². The molecule has 134 valence electrons. The topological polar surface area (TPSA) is 59.6 Å². The van der Waals surface area contributed by atoms with Crippen molar-refractivity contribution in [3.63, 3.8) is 0 Å². The van der Waals surface area contributed by atoms with E-state index < -0.39 is 6.10 Å². The Morgan fingerprint density at radius 2 is 1.75 bits per heavy atom. The molecule has 0 aromatic heterocycles. The van der Waals surface area contributed by atoms with Gasteiger partial charge in [0.05, 0.1) is 0 Å². The monoisotopic (exact) mass is 354 g/mol. The average Bonchev–Trinajstić information content (AvgIpc) is 2.87. The first-order valence-electron chi connectivity index (χ1n) is 8.72. The second-order valence-electron chi connectivity index (χ2n) is 6.30. The fraction of sp³-hybridized carbons (Fsp3) is 0.611. The van der Waals surface area contributed by atoms with Crippen molar-refractivity contribution in [2.45, 2.75) is 50.7 Å². The lowest BCUT2D eigenvalue weighted by Crippen LogP contribution is -2.46. The summed E-state index contributed by atoms with van der Waals surface area (Å²) in [7, 11) is 0. The van der Waals surface area contributed by atoms with Crippen LogP contribution >= 0.6 is 12.4 Å². The Morgan fingerprint density at radius 1 is 1.04 bits per heavy atom. The molecule has 1 aromatic carbocycles. The van der Waals surface area contributed by atoms with Crippen molar-refractivity contribution in [2.24, 2.45) is 0 Å². The van der Waals surface area contributed by atoms with Gasteiger partial charge < -0.3 is 20.1 Å². The van der Waals surface area contributed by atoms with E-state index in [1.165, 1.54) is 38.5 Å². The van der Waals surface area contributed by atoms with Gasteiger partial charge in [0.15, 0.2) is 11.5 Å². The number of ether oxygens (including phenoxy) is 2. The summed E-state index contributed by atoms with van der Waals surface area (Å²) < 4.78 is 11.3. The number of hydrogen-bond acceptors (Lipinski definition) is 4. The van der Waals surface area contributed by atoms with Gasteiger partial charge in [-0.15, -0.1) is 12.4 Å². The summed E-state index contributed by atoms with van der Waals surface area (Å²) in [5, 5.41) is 6.48. The zero-order valence-corrected chi connectivity index (χ0v) is 14.8. The predicted molar refractivity (Wildman–Crippen MR) is 96.1 cm³/mol. The van der Waals surface area contributed by atoms with Gasteiger partial charge >= 0.3 is 0 Å². The number of halogens is 1. The summed E-state index contributed by atoms with van der Waals surface area (Å²) in [5.74, 6) is 1.23. The molecule has 2 aliphatic rings. The van der Waals surface area contributed by atoms with Gasteiger partial charge in [-0.25, -0.2) is 0 Å². The van der Waals surface area contributed by atoms with E-state index in [1.807, 2.05) is 24.3 Å². The number of nitrogens with one attached hydrogen (secondary N) is 2. The SMILES string of the molecule is Cl.O=C(NCCNC1CCCCCC1)C1COc2ccccc2O1. The summed E-state index contributed by atoms with van der Waals surface area (Å²) in [5.41, 5.74) is 0. The lowest BCUT2D eigenvalue weighted by Gasteiger charge is -2.25. The molecular formula is C18H27ClN2O3. The molecule has 2 N–H and O–H groups in total. The first kappa shape index (κ1) is 18.9. The molecule has 1 aliphatic carbocycles. The van der Waals surface area contributed by atoms with Crippen molar-refractivity contribution in [1.82, 2.24) is 10.6 Å². The maximum Gasteiger partial charge on any atom is 0.264 e. The molecule has 3 rings (SSSR count). The normalized spacial score (nSPS) is 20.6. The fourth-order valence-corrected chi connectivity index (χ4v) is 3.21. The highest BCUT2D eigenvalue weighted by Gasteiger charge is 2.26. The number of amides is 1. The summed E-state index contributed by atoms with van der Waals surface area (Å²) >= 11 is 0. The van der Waals surface area contributed by atoms with Crippen LogP contribution < -0.4 is 20.1 Å². The fourth-order valence-electron chi connectivity index (χ4n) is 3.21. The van der Waals surface area contributed by atoms with Crippen LogP contribution in [0.2, 0.25) is 0 Å². The number of carbonyl (C=O) groups excluding carboxylic acids is 1. The smallest absolute Gasteiger partial charge is 0.264 e. The van der Waals surface area contributed by atoms with Crippen LogP contribution in [0.5, 0.6) is 11.5 Å². The van der Waals surface area contributed by atoms with Crippen molar-refractivity contribution in [3.05, 3.63) is 24.3 Å². The molecule has 0 bridgehead atoms. The largest absolute Gasteiger partial charge is 0.485 e. The molecule has 1 amide bonds. The van der Waals surface area contributed by atoms with Crippen LogP contribution in [0.1, 0.15) is 38.5 Å². The number of fused-ring (bicyclic) bond motifs is 1. The minimum atomic E-state index is -0.567. The van der Waals surface area contributed by atoms with E-state index in [0.29, 0.717) is 24.1 Å². The maximum atomic E-state index is 12.2. The molecule has 1 heterocycles. The number of para-hydroxylation sites is 2. The van der Waals surface area contributed by atoms with Gasteiger partial charge in [-0.1, -0.05) is 37.8 Å². The van der Waals surface area contributed by atoms with Crippen LogP contribution in [0, 0.1) is 0 Å². The van der Waals surface area contributed by atoms with E-state index >= 15 is 0 Å². The van der Waals surface area contributed by atoms with Crippen LogP contribution in [-0.4, -0.2) is 37.7 Å². The summed E-state index contributed by atoms with van der Waals surface area (Å²) in [6.07, 6.45) is 7.29. The Labute approximate surface area is 149 Å². The van der Waals surface area contributed by atoms with Crippen molar-refractivity contribution in [3.8, 4) is 11.5 Å². The Bertz CT molecular complexity index is 519. The van der Waals surface area contributed by atoms with Crippen LogP contribution in [0.3, 0.4) is 0 Å². The highest BCUT2D eigenvalue weighted by atomic mass is 35.5. The third-order valence-electron chi connectivity index (χ3n) is 4.51. The highest BCUT2D eigenvalue weighted by Crippen LogP contribution is 2.30. The van der Waals surface area contributed by atoms with Crippen molar-refractivity contribution in [2.75, 3.05) is 19.7 Å². The van der Waals surface area contributed by atoms with E-state index in [2.05, 4.69) is 10.6 Å². The van der Waals surface area contributed by atoms with Crippen LogP contribution in [0.25, 0.3) is 0 Å². The standard InChI is InChI=1S/C18H26N2O3.ClH/c21-18(17-13-22-15-9-5-6-10-16(15)23-17)20-12-11-19-14-7-3-1-2-4-8-14;/h5-6,9-10,14,17,19H,1-4,7-8,11-13H2,(H,20,21);1H. The van der Waals surface area contributed by atoms with Gasteiger partial charge in [-0.05, 0) is 25.0 Å². The number of hydrogen-bond donors (Lipinski definition) is 2. The zero-order valence-electron chi connectivity index (χ0n) is 14.0. The van der Waals surface area contributed by atoms with Gasteiger partial charge in [-0.2, -0.15) is 0 Å². The minimum absolute atomic E-state index is 0. The van der Waals surface area contributed by atoms with Crippen molar-refractivity contribution >= 4 is 18.3 Å². The molecule has 1 unspecified atom stereocenters. The molecule has 0 radical (unpaired) electrons. The van der Waals surface area contributed by atoms with E-state index in [-0.39, 0.29) is 24.9 Å². The van der Waals surface area contributed by atoms with Crippen molar-refractivity contribution < 1.29 is 14.3 Å². The minimum Gasteiger partial charge on any atom is -0.485 e. The molecule has 1 saturated carbocycles. The molecule has 1 fully saturated rings. The molecule has 0 spiro atoms. The molecule has 5 nitrogen and oxygen atoms in total. The van der Waals surface area contributed by atoms with Gasteiger partial charge in [0, 0.05) is 19.1 Å².